The molecule has 7 heteroatoms. The molecule has 0 fully saturated rings. The maximum atomic E-state index is 12.2. The van der Waals surface area contributed by atoms with Crippen molar-refractivity contribution in [1.82, 2.24) is 14.9 Å². The highest BCUT2D eigenvalue weighted by atomic mass is 16.5. The summed E-state index contributed by atoms with van der Waals surface area (Å²) in [5.41, 5.74) is 2.58. The van der Waals surface area contributed by atoms with Gasteiger partial charge in [0.05, 0.1) is 32.6 Å². The van der Waals surface area contributed by atoms with Crippen LogP contribution >= 0.6 is 0 Å². The summed E-state index contributed by atoms with van der Waals surface area (Å²) in [5.74, 6) is 2.69. The number of hydrogen-bond acceptors (Lipinski definition) is 6. The van der Waals surface area contributed by atoms with Crippen LogP contribution in [-0.2, 0) is 19.5 Å². The lowest BCUT2D eigenvalue weighted by atomic mass is 10.1. The minimum absolute atomic E-state index is 0.0496. The van der Waals surface area contributed by atoms with Crippen LogP contribution in [0.3, 0.4) is 0 Å². The summed E-state index contributed by atoms with van der Waals surface area (Å²) < 4.78 is 16.2. The van der Waals surface area contributed by atoms with Gasteiger partial charge in [-0.3, -0.25) is 9.69 Å². The summed E-state index contributed by atoms with van der Waals surface area (Å²) in [5, 5.41) is 0. The fourth-order valence-electron chi connectivity index (χ4n) is 3.20. The molecule has 134 valence electrons. The van der Waals surface area contributed by atoms with Crippen molar-refractivity contribution >= 4 is 0 Å². The van der Waals surface area contributed by atoms with E-state index in [0.717, 1.165) is 35.5 Å². The van der Waals surface area contributed by atoms with E-state index in [1.54, 1.807) is 21.3 Å². The van der Waals surface area contributed by atoms with Crippen molar-refractivity contribution in [1.29, 1.82) is 0 Å². The normalized spacial score (nSPS) is 14.1. The van der Waals surface area contributed by atoms with Crippen molar-refractivity contribution in [2.24, 2.45) is 0 Å². The van der Waals surface area contributed by atoms with Crippen LogP contribution in [-0.4, -0.2) is 42.7 Å². The summed E-state index contributed by atoms with van der Waals surface area (Å²) >= 11 is 0. The van der Waals surface area contributed by atoms with Crippen LogP contribution < -0.4 is 19.8 Å². The zero-order valence-electron chi connectivity index (χ0n) is 15.0. The van der Waals surface area contributed by atoms with Gasteiger partial charge in [-0.1, -0.05) is 0 Å². The average Bonchev–Trinajstić information content (AvgIpc) is 2.61. The van der Waals surface area contributed by atoms with Gasteiger partial charge in [-0.15, -0.1) is 0 Å². The van der Waals surface area contributed by atoms with E-state index in [-0.39, 0.29) is 5.56 Å². The van der Waals surface area contributed by atoms with Crippen LogP contribution in [0.5, 0.6) is 17.2 Å². The predicted octanol–water partition coefficient (Wildman–Crippen LogP) is 1.66. The highest BCUT2D eigenvalue weighted by Crippen LogP contribution is 2.35. The standard InChI is InChI=1S/C18H23N3O4/c1-11-19-14-5-6-21(10-13(14)18(22)20-11)9-12-7-16(24-3)17(25-4)8-15(12)23-2/h7-8H,5-6,9-10H2,1-4H3,(H,19,20,22). The van der Waals surface area contributed by atoms with Crippen LogP contribution in [0.2, 0.25) is 0 Å². The molecule has 0 atom stereocenters. The van der Waals surface area contributed by atoms with E-state index in [1.165, 1.54) is 0 Å². The predicted molar refractivity (Wildman–Crippen MR) is 93.5 cm³/mol. The molecule has 0 radical (unpaired) electrons. The molecule has 0 spiro atoms. The molecule has 1 aliphatic rings. The van der Waals surface area contributed by atoms with Gasteiger partial charge in [-0.2, -0.15) is 0 Å². The lowest BCUT2D eigenvalue weighted by Crippen LogP contribution is -2.35. The SMILES string of the molecule is COc1cc(OC)c(OC)cc1CN1CCc2nc(C)[nH]c(=O)c2C1. The van der Waals surface area contributed by atoms with Gasteiger partial charge in [0.1, 0.15) is 11.6 Å². The molecule has 1 aromatic heterocycles. The molecule has 0 saturated carbocycles. The van der Waals surface area contributed by atoms with Crippen molar-refractivity contribution in [2.75, 3.05) is 27.9 Å². The fourth-order valence-corrected chi connectivity index (χ4v) is 3.20. The van der Waals surface area contributed by atoms with Gasteiger partial charge < -0.3 is 19.2 Å². The first kappa shape index (κ1) is 17.3. The van der Waals surface area contributed by atoms with Crippen molar-refractivity contribution in [3.63, 3.8) is 0 Å². The Bertz CT molecular complexity index is 832. The Kier molecular flexibility index (Phi) is 4.94. The third kappa shape index (κ3) is 3.46. The highest BCUT2D eigenvalue weighted by Gasteiger charge is 2.22. The van der Waals surface area contributed by atoms with Crippen LogP contribution in [0.1, 0.15) is 22.6 Å². The molecular weight excluding hydrogens is 322 g/mol. The van der Waals surface area contributed by atoms with Gasteiger partial charge in [0.15, 0.2) is 11.5 Å². The molecule has 0 bridgehead atoms. The van der Waals surface area contributed by atoms with Gasteiger partial charge in [-0.05, 0) is 13.0 Å². The zero-order chi connectivity index (χ0) is 18.0. The summed E-state index contributed by atoms with van der Waals surface area (Å²) in [4.78, 5) is 21.7. The van der Waals surface area contributed by atoms with E-state index in [9.17, 15) is 4.79 Å². The molecular formula is C18H23N3O4. The highest BCUT2D eigenvalue weighted by molar-refractivity contribution is 5.50. The summed E-state index contributed by atoms with van der Waals surface area (Å²) in [6, 6.07) is 3.74. The number of ether oxygens (including phenoxy) is 3. The molecule has 1 aromatic carbocycles. The Labute approximate surface area is 146 Å². The van der Waals surface area contributed by atoms with E-state index in [2.05, 4.69) is 14.9 Å². The van der Waals surface area contributed by atoms with E-state index in [0.29, 0.717) is 30.4 Å². The Balaban J connectivity index is 1.87. The number of fused-ring (bicyclic) bond motifs is 1. The Morgan fingerprint density at radius 3 is 2.48 bits per heavy atom. The lowest BCUT2D eigenvalue weighted by molar-refractivity contribution is 0.237. The maximum Gasteiger partial charge on any atom is 0.255 e. The minimum atomic E-state index is -0.0496. The number of nitrogens with zero attached hydrogens (tertiary/aromatic N) is 2. The van der Waals surface area contributed by atoms with Crippen molar-refractivity contribution in [2.45, 2.75) is 26.4 Å². The van der Waals surface area contributed by atoms with Crippen LogP contribution in [0.4, 0.5) is 0 Å². The maximum absolute atomic E-state index is 12.2. The van der Waals surface area contributed by atoms with Gasteiger partial charge in [-0.25, -0.2) is 4.98 Å². The number of rotatable bonds is 5. The van der Waals surface area contributed by atoms with Gasteiger partial charge in [0.2, 0.25) is 0 Å². The largest absolute Gasteiger partial charge is 0.496 e. The smallest absolute Gasteiger partial charge is 0.255 e. The number of methoxy groups -OCH3 is 3. The summed E-state index contributed by atoms with van der Waals surface area (Å²) in [7, 11) is 4.84. The van der Waals surface area contributed by atoms with Crippen molar-refractivity contribution in [3.8, 4) is 17.2 Å². The Morgan fingerprint density at radius 1 is 1.12 bits per heavy atom. The molecule has 2 heterocycles. The quantitative estimate of drug-likeness (QED) is 0.888. The summed E-state index contributed by atoms with van der Waals surface area (Å²) in [6.07, 6.45) is 0.760. The second-order valence-electron chi connectivity index (χ2n) is 6.06. The van der Waals surface area contributed by atoms with Gasteiger partial charge >= 0.3 is 0 Å². The molecule has 2 aromatic rings. The number of aromatic nitrogens is 2. The topological polar surface area (TPSA) is 76.7 Å². The average molecular weight is 345 g/mol. The lowest BCUT2D eigenvalue weighted by Gasteiger charge is -2.28. The zero-order valence-corrected chi connectivity index (χ0v) is 15.0. The third-order valence-corrected chi connectivity index (χ3v) is 4.45. The molecule has 0 aliphatic carbocycles. The number of nitrogens with one attached hydrogen (secondary N) is 1. The molecule has 25 heavy (non-hydrogen) atoms. The number of benzene rings is 1. The molecule has 0 saturated heterocycles. The first-order valence-corrected chi connectivity index (χ1v) is 8.15. The minimum Gasteiger partial charge on any atom is -0.496 e. The van der Waals surface area contributed by atoms with Crippen LogP contribution in [0.15, 0.2) is 16.9 Å². The molecule has 3 rings (SSSR count). The second-order valence-corrected chi connectivity index (χ2v) is 6.06. The fraction of sp³-hybridized carbons (Fsp3) is 0.444. The van der Waals surface area contributed by atoms with E-state index >= 15 is 0 Å². The van der Waals surface area contributed by atoms with E-state index < -0.39 is 0 Å². The first-order chi connectivity index (χ1) is 12.0. The Hall–Kier alpha value is -2.54. The van der Waals surface area contributed by atoms with Crippen LogP contribution in [0, 0.1) is 6.92 Å². The van der Waals surface area contributed by atoms with E-state index in [1.807, 2.05) is 19.1 Å². The van der Waals surface area contributed by atoms with E-state index in [4.69, 9.17) is 14.2 Å². The number of hydrogen-bond donors (Lipinski definition) is 1. The molecule has 0 amide bonds. The van der Waals surface area contributed by atoms with Crippen molar-refractivity contribution in [3.05, 3.63) is 45.1 Å². The van der Waals surface area contributed by atoms with Crippen molar-refractivity contribution < 1.29 is 14.2 Å². The summed E-state index contributed by atoms with van der Waals surface area (Å²) in [6.45, 7) is 3.86. The van der Waals surface area contributed by atoms with Crippen LogP contribution in [0.25, 0.3) is 0 Å². The molecule has 1 N–H and O–H groups in total. The second kappa shape index (κ2) is 7.14. The van der Waals surface area contributed by atoms with Gasteiger partial charge in [0.25, 0.3) is 5.56 Å². The third-order valence-electron chi connectivity index (χ3n) is 4.45. The molecule has 1 aliphatic heterocycles. The first-order valence-electron chi connectivity index (χ1n) is 8.15. The number of H-pyrrole nitrogens is 1. The number of aryl methyl sites for hydroxylation is 1. The monoisotopic (exact) mass is 345 g/mol. The molecule has 0 unspecified atom stereocenters. The number of aromatic amines is 1. The van der Waals surface area contributed by atoms with Gasteiger partial charge in [0, 0.05) is 37.7 Å². The Morgan fingerprint density at radius 2 is 1.80 bits per heavy atom. The molecule has 7 nitrogen and oxygen atoms in total.